The highest BCUT2D eigenvalue weighted by molar-refractivity contribution is 6.88. The second kappa shape index (κ2) is 8.72. The fourth-order valence-corrected chi connectivity index (χ4v) is 5.40. The van der Waals surface area contributed by atoms with E-state index in [9.17, 15) is 23.5 Å². The summed E-state index contributed by atoms with van der Waals surface area (Å²) in [5, 5.41) is 12.1. The Morgan fingerprint density at radius 1 is 1.26 bits per heavy atom. The van der Waals surface area contributed by atoms with Crippen molar-refractivity contribution >= 4 is 30.9 Å². The minimum atomic E-state index is -2.27. The van der Waals surface area contributed by atoms with Gasteiger partial charge in [-0.15, -0.1) is 0 Å². The second-order valence-electron chi connectivity index (χ2n) is 8.45. The van der Waals surface area contributed by atoms with Gasteiger partial charge in [-0.2, -0.15) is 0 Å². The number of amides is 2. The van der Waals surface area contributed by atoms with E-state index in [2.05, 4.69) is 10.3 Å². The maximum Gasteiger partial charge on any atom is 0.408 e. The Hall–Kier alpha value is -2.85. The summed E-state index contributed by atoms with van der Waals surface area (Å²) in [7, 11) is -0.733. The minimum absolute atomic E-state index is 0.0514. The van der Waals surface area contributed by atoms with Crippen molar-refractivity contribution in [2.24, 2.45) is 0 Å². The van der Waals surface area contributed by atoms with Gasteiger partial charge in [0.1, 0.15) is 17.7 Å². The molecule has 1 aliphatic rings. The second-order valence-corrected chi connectivity index (χ2v) is 13.5. The largest absolute Gasteiger partial charge is 0.465 e. The van der Waals surface area contributed by atoms with Crippen molar-refractivity contribution in [2.45, 2.75) is 38.7 Å². The van der Waals surface area contributed by atoms with Gasteiger partial charge in [-0.25, -0.2) is 13.6 Å². The zero-order valence-corrected chi connectivity index (χ0v) is 18.8. The number of anilines is 1. The van der Waals surface area contributed by atoms with Crippen LogP contribution >= 0.6 is 0 Å². The van der Waals surface area contributed by atoms with Crippen molar-refractivity contribution in [2.75, 3.05) is 19.0 Å². The number of hydrogen-bond acceptors (Lipinski definition) is 4. The monoisotopic (exact) mass is 449 g/mol. The van der Waals surface area contributed by atoms with Crippen molar-refractivity contribution in [3.8, 4) is 0 Å². The van der Waals surface area contributed by atoms with Gasteiger partial charge in [-0.3, -0.25) is 14.7 Å². The van der Waals surface area contributed by atoms with Crippen molar-refractivity contribution in [3.05, 3.63) is 52.9 Å². The van der Waals surface area contributed by atoms with Crippen LogP contribution in [0.1, 0.15) is 23.0 Å². The van der Waals surface area contributed by atoms with Crippen molar-refractivity contribution in [1.82, 2.24) is 9.88 Å². The molecule has 0 fully saturated rings. The summed E-state index contributed by atoms with van der Waals surface area (Å²) in [5.41, 5.74) is 1.63. The van der Waals surface area contributed by atoms with E-state index in [1.54, 1.807) is 12.1 Å². The third kappa shape index (κ3) is 4.75. The van der Waals surface area contributed by atoms with Crippen LogP contribution in [0.3, 0.4) is 0 Å². The van der Waals surface area contributed by atoms with E-state index >= 15 is 0 Å². The molecule has 2 aromatic rings. The molecule has 0 spiro atoms. The summed E-state index contributed by atoms with van der Waals surface area (Å²) in [6.07, 6.45) is -0.921. The van der Waals surface area contributed by atoms with Crippen LogP contribution in [-0.2, 0) is 22.6 Å². The van der Waals surface area contributed by atoms with Crippen LogP contribution in [0.5, 0.6) is 0 Å². The summed E-state index contributed by atoms with van der Waals surface area (Å²) in [6, 6.07) is 4.27. The van der Waals surface area contributed by atoms with Crippen LogP contribution in [0, 0.1) is 11.6 Å². The van der Waals surface area contributed by atoms with Gasteiger partial charge in [0.15, 0.2) is 0 Å². The van der Waals surface area contributed by atoms with Gasteiger partial charge < -0.3 is 15.2 Å². The Kier molecular flexibility index (Phi) is 6.42. The lowest BCUT2D eigenvalue weighted by atomic mass is 9.96. The SMILES string of the molecule is COCc1ccc2c(n1)CCN(C(=O)O)C2C(=O)Nc1cc(F)c([Si](C)(C)C)c(F)c1. The first kappa shape index (κ1) is 22.8. The number of aromatic nitrogens is 1. The standard InChI is InChI=1S/C21H25F2N3O4Si/c1-30-11-12-5-6-14-17(24-12)7-8-26(21(28)29)18(14)20(27)25-13-9-15(22)19(16(23)10-13)31(2,3)4/h5-6,9-10,18H,7-8,11H2,1-4H3,(H,25,27)(H,28,29). The highest BCUT2D eigenvalue weighted by Gasteiger charge is 2.37. The fourth-order valence-electron chi connectivity index (χ4n) is 3.82. The third-order valence-corrected chi connectivity index (χ3v) is 7.09. The number of methoxy groups -OCH3 is 1. The van der Waals surface area contributed by atoms with Gasteiger partial charge >= 0.3 is 6.09 Å². The topological polar surface area (TPSA) is 91.8 Å². The van der Waals surface area contributed by atoms with Crippen LogP contribution in [0.4, 0.5) is 19.3 Å². The number of carbonyl (C=O) groups excluding carboxylic acids is 1. The lowest BCUT2D eigenvalue weighted by molar-refractivity contribution is -0.121. The molecule has 1 aromatic carbocycles. The van der Waals surface area contributed by atoms with Crippen molar-refractivity contribution < 1.29 is 28.2 Å². The molecule has 7 nitrogen and oxygen atoms in total. The summed E-state index contributed by atoms with van der Waals surface area (Å²) < 4.78 is 34.2. The molecule has 2 N–H and O–H groups in total. The molecule has 1 aliphatic heterocycles. The van der Waals surface area contributed by atoms with E-state index in [0.29, 0.717) is 23.4 Å². The van der Waals surface area contributed by atoms with E-state index < -0.39 is 37.8 Å². The average Bonchev–Trinajstić information content (AvgIpc) is 2.65. The quantitative estimate of drug-likeness (QED) is 0.684. The number of hydrogen-bond donors (Lipinski definition) is 2. The number of halogens is 2. The molecule has 2 heterocycles. The van der Waals surface area contributed by atoms with Gasteiger partial charge in [0, 0.05) is 42.2 Å². The maximum atomic E-state index is 14.6. The predicted molar refractivity (Wildman–Crippen MR) is 114 cm³/mol. The number of nitrogens with one attached hydrogen (secondary N) is 1. The zero-order chi connectivity index (χ0) is 22.9. The summed E-state index contributed by atoms with van der Waals surface area (Å²) in [6.45, 7) is 5.82. The highest BCUT2D eigenvalue weighted by Crippen LogP contribution is 2.31. The molecule has 0 bridgehead atoms. The maximum absolute atomic E-state index is 14.6. The van der Waals surface area contributed by atoms with E-state index in [1.807, 2.05) is 19.6 Å². The molecular formula is C21H25F2N3O4Si. The summed E-state index contributed by atoms with van der Waals surface area (Å²) >= 11 is 0. The van der Waals surface area contributed by atoms with Gasteiger partial charge in [-0.05, 0) is 18.2 Å². The van der Waals surface area contributed by atoms with E-state index in [-0.39, 0.29) is 24.0 Å². The Balaban J connectivity index is 1.95. The minimum Gasteiger partial charge on any atom is -0.465 e. The molecule has 1 atom stereocenters. The third-order valence-electron chi connectivity index (χ3n) is 5.11. The van der Waals surface area contributed by atoms with Crippen LogP contribution in [0.15, 0.2) is 24.3 Å². The molecular weight excluding hydrogens is 424 g/mol. The smallest absolute Gasteiger partial charge is 0.408 e. The van der Waals surface area contributed by atoms with Gasteiger partial charge in [0.05, 0.1) is 20.4 Å². The Morgan fingerprint density at radius 2 is 1.90 bits per heavy atom. The summed E-state index contributed by atoms with van der Waals surface area (Å²) in [4.78, 5) is 30.3. The Morgan fingerprint density at radius 3 is 2.45 bits per heavy atom. The van der Waals surface area contributed by atoms with Gasteiger partial charge in [-0.1, -0.05) is 25.7 Å². The number of nitrogens with zero attached hydrogens (tertiary/aromatic N) is 2. The first-order chi connectivity index (χ1) is 14.5. The molecule has 1 unspecified atom stereocenters. The van der Waals surface area contributed by atoms with Crippen molar-refractivity contribution in [3.63, 3.8) is 0 Å². The number of carbonyl (C=O) groups is 2. The fraction of sp³-hybridized carbons (Fsp3) is 0.381. The van der Waals surface area contributed by atoms with E-state index in [4.69, 9.17) is 4.74 Å². The van der Waals surface area contributed by atoms with Crippen molar-refractivity contribution in [1.29, 1.82) is 0 Å². The molecule has 31 heavy (non-hydrogen) atoms. The Labute approximate surface area is 180 Å². The molecule has 2 amide bonds. The first-order valence-electron chi connectivity index (χ1n) is 9.80. The van der Waals surface area contributed by atoms with Gasteiger partial charge in [0.2, 0.25) is 0 Å². The van der Waals surface area contributed by atoms with Crippen LogP contribution in [-0.4, -0.2) is 48.7 Å². The molecule has 166 valence electrons. The number of pyridine rings is 1. The summed E-state index contributed by atoms with van der Waals surface area (Å²) in [5.74, 6) is -2.15. The lowest BCUT2D eigenvalue weighted by Gasteiger charge is -2.34. The lowest BCUT2D eigenvalue weighted by Crippen LogP contribution is -2.45. The molecule has 1 aromatic heterocycles. The number of fused-ring (bicyclic) bond motifs is 1. The van der Waals surface area contributed by atoms with Crippen LogP contribution in [0.25, 0.3) is 0 Å². The molecule has 0 saturated heterocycles. The molecule has 0 saturated carbocycles. The zero-order valence-electron chi connectivity index (χ0n) is 17.8. The Bertz CT molecular complexity index is 1000. The highest BCUT2D eigenvalue weighted by atomic mass is 28.3. The number of benzene rings is 1. The van der Waals surface area contributed by atoms with E-state index in [1.165, 1.54) is 7.11 Å². The number of carboxylic acid groups (broad SMARTS) is 1. The number of rotatable bonds is 5. The molecule has 0 aliphatic carbocycles. The molecule has 3 rings (SSSR count). The van der Waals surface area contributed by atoms with Crippen LogP contribution in [0.2, 0.25) is 19.6 Å². The molecule has 0 radical (unpaired) electrons. The van der Waals surface area contributed by atoms with Gasteiger partial charge in [0.25, 0.3) is 5.91 Å². The van der Waals surface area contributed by atoms with Crippen LogP contribution < -0.4 is 10.5 Å². The predicted octanol–water partition coefficient (Wildman–Crippen LogP) is 3.27. The number of ether oxygens (including phenoxy) is 1. The average molecular weight is 450 g/mol. The molecule has 10 heteroatoms. The van der Waals surface area contributed by atoms with E-state index in [0.717, 1.165) is 17.0 Å². The normalized spacial score (nSPS) is 16.1. The first-order valence-corrected chi connectivity index (χ1v) is 13.3.